The summed E-state index contributed by atoms with van der Waals surface area (Å²) in [6, 6.07) is 57.3. The first kappa shape index (κ1) is 34.3. The summed E-state index contributed by atoms with van der Waals surface area (Å²) in [5, 5.41) is 0. The molecule has 0 bridgehead atoms. The number of aryl methyl sites for hydroxylation is 5. The van der Waals surface area contributed by atoms with E-state index in [1.807, 2.05) is 0 Å². The zero-order valence-corrected chi connectivity index (χ0v) is 30.8. The van der Waals surface area contributed by atoms with Crippen LogP contribution in [-0.4, -0.2) is 0 Å². The Balaban J connectivity index is 1.07. The highest BCUT2D eigenvalue weighted by atomic mass is 15.1. The third-order valence-corrected chi connectivity index (χ3v) is 9.74. The molecule has 0 spiro atoms. The lowest BCUT2D eigenvalue weighted by atomic mass is 9.98. The van der Waals surface area contributed by atoms with E-state index in [1.165, 1.54) is 61.2 Å². The maximum absolute atomic E-state index is 2.32. The van der Waals surface area contributed by atoms with Crippen LogP contribution in [0.2, 0.25) is 0 Å². The Hall–Kier alpha value is -6.18. The molecule has 7 aromatic rings. The topological polar surface area (TPSA) is 3.24 Å². The minimum absolute atomic E-state index is 1.12. The van der Waals surface area contributed by atoms with Gasteiger partial charge in [-0.25, -0.2) is 0 Å². The van der Waals surface area contributed by atoms with Gasteiger partial charge in [0.25, 0.3) is 0 Å². The molecule has 0 aliphatic heterocycles. The van der Waals surface area contributed by atoms with Crippen molar-refractivity contribution in [3.8, 4) is 22.3 Å². The van der Waals surface area contributed by atoms with E-state index in [2.05, 4.69) is 222 Å². The van der Waals surface area contributed by atoms with Crippen molar-refractivity contribution in [2.45, 2.75) is 34.6 Å². The maximum Gasteiger partial charge on any atom is 0.0462 e. The van der Waals surface area contributed by atoms with Gasteiger partial charge < -0.3 is 4.90 Å². The van der Waals surface area contributed by atoms with Gasteiger partial charge in [0.1, 0.15) is 0 Å². The largest absolute Gasteiger partial charge is 0.311 e. The zero-order valence-electron chi connectivity index (χ0n) is 30.8. The molecule has 1 heteroatoms. The van der Waals surface area contributed by atoms with Crippen LogP contribution in [0.25, 0.3) is 46.6 Å². The monoisotopic (exact) mass is 671 g/mol. The summed E-state index contributed by atoms with van der Waals surface area (Å²) in [4.78, 5) is 2.32. The van der Waals surface area contributed by atoms with Gasteiger partial charge in [0.15, 0.2) is 0 Å². The summed E-state index contributed by atoms with van der Waals surface area (Å²) in [6.45, 7) is 10.8. The van der Waals surface area contributed by atoms with Crippen LogP contribution >= 0.6 is 0 Å². The second-order valence-corrected chi connectivity index (χ2v) is 13.9. The van der Waals surface area contributed by atoms with E-state index >= 15 is 0 Å². The molecule has 0 atom stereocenters. The van der Waals surface area contributed by atoms with Crippen molar-refractivity contribution in [2.75, 3.05) is 4.90 Å². The Kier molecular flexibility index (Phi) is 10.1. The van der Waals surface area contributed by atoms with Crippen molar-refractivity contribution >= 4 is 41.4 Å². The molecule has 7 aromatic carbocycles. The van der Waals surface area contributed by atoms with Crippen LogP contribution in [0.1, 0.15) is 50.1 Å². The molecule has 0 saturated heterocycles. The van der Waals surface area contributed by atoms with Crippen LogP contribution in [0, 0.1) is 34.6 Å². The number of nitrogens with zero attached hydrogens (tertiary/aromatic N) is 1. The standard InChI is InChI=1S/C51H45N/c1-36-6-26-47(27-7-36)52(48-28-18-43(19-29-48)12-10-41-14-22-45(23-15-41)50-32-8-37(2)34-39(50)4)49-30-20-44(21-31-49)13-11-42-16-24-46(25-17-42)51-33-9-38(3)35-40(51)5/h6-35H,1-5H3. The van der Waals surface area contributed by atoms with Gasteiger partial charge >= 0.3 is 0 Å². The van der Waals surface area contributed by atoms with Crippen molar-refractivity contribution in [3.05, 3.63) is 208 Å². The third-order valence-electron chi connectivity index (χ3n) is 9.74. The summed E-state index contributed by atoms with van der Waals surface area (Å²) in [6.07, 6.45) is 8.74. The van der Waals surface area contributed by atoms with Gasteiger partial charge in [-0.1, -0.05) is 162 Å². The van der Waals surface area contributed by atoms with Gasteiger partial charge in [-0.15, -0.1) is 0 Å². The molecule has 0 unspecified atom stereocenters. The second kappa shape index (κ2) is 15.4. The Labute approximate surface area is 309 Å². The normalized spacial score (nSPS) is 11.4. The van der Waals surface area contributed by atoms with Gasteiger partial charge in [0.05, 0.1) is 0 Å². The molecule has 0 amide bonds. The predicted molar refractivity (Wildman–Crippen MR) is 226 cm³/mol. The molecule has 0 saturated carbocycles. The van der Waals surface area contributed by atoms with E-state index in [-0.39, 0.29) is 0 Å². The molecular formula is C51H45N. The number of hydrogen-bond acceptors (Lipinski definition) is 1. The van der Waals surface area contributed by atoms with Gasteiger partial charge in [-0.05, 0) is 127 Å². The number of anilines is 3. The summed E-state index contributed by atoms with van der Waals surface area (Å²) in [7, 11) is 0. The lowest BCUT2D eigenvalue weighted by Crippen LogP contribution is -2.09. The van der Waals surface area contributed by atoms with Crippen molar-refractivity contribution < 1.29 is 0 Å². The van der Waals surface area contributed by atoms with Crippen molar-refractivity contribution in [1.29, 1.82) is 0 Å². The molecule has 0 radical (unpaired) electrons. The molecular weight excluding hydrogens is 627 g/mol. The van der Waals surface area contributed by atoms with E-state index in [1.54, 1.807) is 0 Å². The summed E-state index contributed by atoms with van der Waals surface area (Å²) in [5.41, 5.74) is 19.6. The van der Waals surface area contributed by atoms with Crippen LogP contribution in [0.5, 0.6) is 0 Å². The Morgan fingerprint density at radius 3 is 0.923 bits per heavy atom. The highest BCUT2D eigenvalue weighted by Crippen LogP contribution is 2.35. The van der Waals surface area contributed by atoms with Gasteiger partial charge in [0, 0.05) is 17.1 Å². The van der Waals surface area contributed by atoms with Crippen LogP contribution in [0.3, 0.4) is 0 Å². The van der Waals surface area contributed by atoms with Crippen LogP contribution in [-0.2, 0) is 0 Å². The van der Waals surface area contributed by atoms with Crippen molar-refractivity contribution in [1.82, 2.24) is 0 Å². The molecule has 0 aliphatic carbocycles. The average molecular weight is 672 g/mol. The maximum atomic E-state index is 2.32. The first-order valence-corrected chi connectivity index (χ1v) is 18.1. The van der Waals surface area contributed by atoms with Crippen LogP contribution in [0.4, 0.5) is 17.1 Å². The van der Waals surface area contributed by atoms with Gasteiger partial charge in [-0.2, -0.15) is 0 Å². The first-order valence-electron chi connectivity index (χ1n) is 18.1. The van der Waals surface area contributed by atoms with E-state index in [9.17, 15) is 0 Å². The fourth-order valence-corrected chi connectivity index (χ4v) is 6.82. The minimum Gasteiger partial charge on any atom is -0.311 e. The molecule has 0 aliphatic rings. The Morgan fingerprint density at radius 1 is 0.308 bits per heavy atom. The molecule has 254 valence electrons. The highest BCUT2D eigenvalue weighted by Gasteiger charge is 2.12. The van der Waals surface area contributed by atoms with E-state index in [0.717, 1.165) is 28.2 Å². The first-order chi connectivity index (χ1) is 25.3. The smallest absolute Gasteiger partial charge is 0.0462 e. The SMILES string of the molecule is Cc1ccc(N(c2ccc(C=Cc3ccc(-c4ccc(C)cc4C)cc3)cc2)c2ccc(C=Cc3ccc(-c4ccc(C)cc4C)cc3)cc2)cc1. The molecule has 1 nitrogen and oxygen atoms in total. The van der Waals surface area contributed by atoms with Gasteiger partial charge in [0.2, 0.25) is 0 Å². The fourth-order valence-electron chi connectivity index (χ4n) is 6.82. The molecule has 7 rings (SSSR count). The molecule has 52 heavy (non-hydrogen) atoms. The molecule has 0 heterocycles. The van der Waals surface area contributed by atoms with E-state index in [4.69, 9.17) is 0 Å². The third kappa shape index (κ3) is 8.06. The van der Waals surface area contributed by atoms with Crippen molar-refractivity contribution in [3.63, 3.8) is 0 Å². The fraction of sp³-hybridized carbons (Fsp3) is 0.0980. The number of benzene rings is 7. The van der Waals surface area contributed by atoms with Crippen LogP contribution in [0.15, 0.2) is 158 Å². The number of rotatable bonds is 9. The van der Waals surface area contributed by atoms with E-state index in [0.29, 0.717) is 0 Å². The van der Waals surface area contributed by atoms with Crippen LogP contribution < -0.4 is 4.90 Å². The average Bonchev–Trinajstić information content (AvgIpc) is 3.16. The summed E-state index contributed by atoms with van der Waals surface area (Å²) < 4.78 is 0. The molecule has 0 aromatic heterocycles. The number of hydrogen-bond donors (Lipinski definition) is 0. The molecule has 0 N–H and O–H groups in total. The second-order valence-electron chi connectivity index (χ2n) is 13.9. The zero-order chi connectivity index (χ0) is 36.0. The molecule has 0 fully saturated rings. The lowest BCUT2D eigenvalue weighted by Gasteiger charge is -2.26. The summed E-state index contributed by atoms with van der Waals surface area (Å²) in [5.74, 6) is 0. The quantitative estimate of drug-likeness (QED) is 0.138. The predicted octanol–water partition coefficient (Wildman–Crippen LogP) is 14.4. The van der Waals surface area contributed by atoms with E-state index < -0.39 is 0 Å². The van der Waals surface area contributed by atoms with Gasteiger partial charge in [-0.3, -0.25) is 0 Å². The Bertz CT molecular complexity index is 2190. The Morgan fingerprint density at radius 2 is 0.596 bits per heavy atom. The summed E-state index contributed by atoms with van der Waals surface area (Å²) >= 11 is 0. The van der Waals surface area contributed by atoms with Crippen molar-refractivity contribution in [2.24, 2.45) is 0 Å². The highest BCUT2D eigenvalue weighted by molar-refractivity contribution is 5.80. The lowest BCUT2D eigenvalue weighted by molar-refractivity contribution is 1.27. The minimum atomic E-state index is 1.12.